The maximum absolute atomic E-state index is 13.0. The second kappa shape index (κ2) is 12.1. The van der Waals surface area contributed by atoms with Gasteiger partial charge in [-0.25, -0.2) is 4.39 Å². The Balaban J connectivity index is 1.94. The molecule has 2 aromatic rings. The van der Waals surface area contributed by atoms with Crippen molar-refractivity contribution < 1.29 is 34.0 Å². The summed E-state index contributed by atoms with van der Waals surface area (Å²) in [6.45, 7) is -0.0325. The maximum atomic E-state index is 13.0. The Morgan fingerprint density at radius 2 is 1.80 bits per heavy atom. The molecule has 6 nitrogen and oxygen atoms in total. The van der Waals surface area contributed by atoms with Crippen LogP contribution in [-0.2, 0) is 9.53 Å². The minimum absolute atomic E-state index is 0.0325. The molecule has 0 heterocycles. The molecule has 30 heavy (non-hydrogen) atoms. The lowest BCUT2D eigenvalue weighted by atomic mass is 10.0. The van der Waals surface area contributed by atoms with Crippen LogP contribution in [0, 0.1) is 5.82 Å². The van der Waals surface area contributed by atoms with Crippen molar-refractivity contribution in [1.29, 1.82) is 0 Å². The number of hydrogen-bond acceptors (Lipinski definition) is 6. The van der Waals surface area contributed by atoms with Crippen molar-refractivity contribution in [3.8, 4) is 5.75 Å². The number of carbonyl (C=O) groups excluding carboxylic acids is 1. The molecule has 0 aliphatic rings. The minimum Gasteiger partial charge on any atom is -0.491 e. The molecule has 0 spiro atoms. The van der Waals surface area contributed by atoms with Crippen LogP contribution < -0.4 is 4.74 Å². The van der Waals surface area contributed by atoms with Crippen LogP contribution in [0.1, 0.15) is 36.5 Å². The third-order valence-corrected chi connectivity index (χ3v) is 4.55. The van der Waals surface area contributed by atoms with Gasteiger partial charge in [-0.2, -0.15) is 0 Å². The van der Waals surface area contributed by atoms with E-state index in [0.29, 0.717) is 23.3 Å². The standard InChI is InChI=1S/C23H27FO6/c1-29-23(28)8-4-7-20(25)21(26)14-9-16-5-2-3-6-19(16)22(27)15-30-18-12-10-17(24)11-13-18/h2-3,5-6,9-14,20-22,25-27H,4,7-8,15H2,1H3/b14-9+/t20-,21+,22+/m0/s1. The Hall–Kier alpha value is -2.74. The van der Waals surface area contributed by atoms with Gasteiger partial charge in [0.05, 0.1) is 19.3 Å². The van der Waals surface area contributed by atoms with Gasteiger partial charge in [0.1, 0.15) is 24.3 Å². The van der Waals surface area contributed by atoms with Gasteiger partial charge in [0.15, 0.2) is 0 Å². The number of benzene rings is 2. The molecule has 0 radical (unpaired) electrons. The van der Waals surface area contributed by atoms with Gasteiger partial charge in [-0.05, 0) is 48.2 Å². The van der Waals surface area contributed by atoms with E-state index in [1.54, 1.807) is 30.3 Å². The summed E-state index contributed by atoms with van der Waals surface area (Å²) < 4.78 is 23.0. The van der Waals surface area contributed by atoms with Gasteiger partial charge >= 0.3 is 5.97 Å². The summed E-state index contributed by atoms with van der Waals surface area (Å²) in [7, 11) is 1.30. The molecule has 0 bridgehead atoms. The van der Waals surface area contributed by atoms with Crippen LogP contribution in [-0.4, -0.2) is 47.2 Å². The number of esters is 1. The molecule has 7 heteroatoms. The zero-order valence-corrected chi connectivity index (χ0v) is 16.8. The molecule has 0 aliphatic heterocycles. The quantitative estimate of drug-likeness (QED) is 0.486. The number of aliphatic hydroxyl groups excluding tert-OH is 3. The average Bonchev–Trinajstić information content (AvgIpc) is 2.76. The third-order valence-electron chi connectivity index (χ3n) is 4.55. The van der Waals surface area contributed by atoms with Gasteiger partial charge < -0.3 is 24.8 Å². The highest BCUT2D eigenvalue weighted by molar-refractivity contribution is 5.69. The predicted octanol–water partition coefficient (Wildman–Crippen LogP) is 3.02. The first-order chi connectivity index (χ1) is 14.4. The van der Waals surface area contributed by atoms with Crippen LogP contribution in [0.2, 0.25) is 0 Å². The van der Waals surface area contributed by atoms with Crippen LogP contribution in [0.5, 0.6) is 5.75 Å². The third kappa shape index (κ3) is 7.59. The van der Waals surface area contributed by atoms with E-state index in [9.17, 15) is 24.5 Å². The number of rotatable bonds is 11. The summed E-state index contributed by atoms with van der Waals surface area (Å²) in [5, 5.41) is 30.7. The molecule has 0 fully saturated rings. The van der Waals surface area contributed by atoms with Crippen molar-refractivity contribution in [3.05, 3.63) is 71.6 Å². The van der Waals surface area contributed by atoms with Gasteiger partial charge in [0, 0.05) is 6.42 Å². The smallest absolute Gasteiger partial charge is 0.305 e. The molecule has 0 saturated heterocycles. The van der Waals surface area contributed by atoms with E-state index in [4.69, 9.17) is 4.74 Å². The van der Waals surface area contributed by atoms with E-state index in [1.165, 1.54) is 37.5 Å². The van der Waals surface area contributed by atoms with Gasteiger partial charge in [0.25, 0.3) is 0 Å². The van der Waals surface area contributed by atoms with E-state index < -0.39 is 18.3 Å². The Morgan fingerprint density at radius 1 is 1.10 bits per heavy atom. The molecule has 0 aromatic heterocycles. The van der Waals surface area contributed by atoms with Crippen LogP contribution >= 0.6 is 0 Å². The molecule has 3 N–H and O–H groups in total. The second-order valence-electron chi connectivity index (χ2n) is 6.80. The van der Waals surface area contributed by atoms with E-state index in [1.807, 2.05) is 0 Å². The number of hydrogen-bond donors (Lipinski definition) is 3. The van der Waals surface area contributed by atoms with Crippen LogP contribution in [0.15, 0.2) is 54.6 Å². The van der Waals surface area contributed by atoms with Gasteiger partial charge in [-0.3, -0.25) is 4.79 Å². The highest BCUT2D eigenvalue weighted by Gasteiger charge is 2.15. The predicted molar refractivity (Wildman–Crippen MR) is 110 cm³/mol. The average molecular weight is 418 g/mol. The second-order valence-corrected chi connectivity index (χ2v) is 6.80. The molecule has 2 aromatic carbocycles. The Bertz CT molecular complexity index is 821. The highest BCUT2D eigenvalue weighted by Crippen LogP contribution is 2.22. The fraction of sp³-hybridized carbons (Fsp3) is 0.348. The Morgan fingerprint density at radius 3 is 2.50 bits per heavy atom. The number of ether oxygens (including phenoxy) is 2. The molecule has 0 saturated carbocycles. The lowest BCUT2D eigenvalue weighted by Crippen LogP contribution is -2.23. The highest BCUT2D eigenvalue weighted by atomic mass is 19.1. The van der Waals surface area contributed by atoms with Crippen LogP contribution in [0.25, 0.3) is 6.08 Å². The summed E-state index contributed by atoms with van der Waals surface area (Å²) >= 11 is 0. The lowest BCUT2D eigenvalue weighted by molar-refractivity contribution is -0.140. The van der Waals surface area contributed by atoms with E-state index in [2.05, 4.69) is 4.74 Å². The fourth-order valence-corrected chi connectivity index (χ4v) is 2.82. The summed E-state index contributed by atoms with van der Waals surface area (Å²) in [5.41, 5.74) is 1.25. The van der Waals surface area contributed by atoms with Crippen molar-refractivity contribution in [2.45, 2.75) is 37.6 Å². The van der Waals surface area contributed by atoms with Gasteiger partial charge in [0.2, 0.25) is 0 Å². The van der Waals surface area contributed by atoms with Crippen molar-refractivity contribution in [2.75, 3.05) is 13.7 Å². The van der Waals surface area contributed by atoms with Gasteiger partial charge in [-0.15, -0.1) is 0 Å². The monoisotopic (exact) mass is 418 g/mol. The van der Waals surface area contributed by atoms with Gasteiger partial charge in [-0.1, -0.05) is 36.4 Å². The topological polar surface area (TPSA) is 96.2 Å². The van der Waals surface area contributed by atoms with Crippen LogP contribution in [0.4, 0.5) is 4.39 Å². The molecule has 0 amide bonds. The van der Waals surface area contributed by atoms with Crippen molar-refractivity contribution in [1.82, 2.24) is 0 Å². The fourth-order valence-electron chi connectivity index (χ4n) is 2.82. The van der Waals surface area contributed by atoms with Crippen LogP contribution in [0.3, 0.4) is 0 Å². The van der Waals surface area contributed by atoms with Crippen molar-refractivity contribution in [3.63, 3.8) is 0 Å². The number of methoxy groups -OCH3 is 1. The molecular weight excluding hydrogens is 391 g/mol. The van der Waals surface area contributed by atoms with Crippen molar-refractivity contribution in [2.24, 2.45) is 0 Å². The molecule has 162 valence electrons. The molecule has 0 aliphatic carbocycles. The number of halogens is 1. The molecular formula is C23H27FO6. The molecule has 2 rings (SSSR count). The zero-order valence-electron chi connectivity index (χ0n) is 16.8. The zero-order chi connectivity index (χ0) is 21.9. The first-order valence-corrected chi connectivity index (χ1v) is 9.67. The normalized spacial score (nSPS) is 14.3. The van der Waals surface area contributed by atoms with E-state index in [0.717, 1.165) is 0 Å². The summed E-state index contributed by atoms with van der Waals surface area (Å²) in [5.74, 6) is -0.295. The van der Waals surface area contributed by atoms with E-state index in [-0.39, 0.29) is 31.2 Å². The Labute approximate surface area is 175 Å². The van der Waals surface area contributed by atoms with E-state index >= 15 is 0 Å². The SMILES string of the molecule is COC(=O)CCC[C@H](O)[C@H](O)/C=C/c1ccccc1[C@H](O)COc1ccc(F)cc1. The molecule has 3 atom stereocenters. The first-order valence-electron chi connectivity index (χ1n) is 9.67. The first kappa shape index (κ1) is 23.5. The van der Waals surface area contributed by atoms with Crippen molar-refractivity contribution >= 4 is 12.0 Å². The lowest BCUT2D eigenvalue weighted by Gasteiger charge is -2.16. The Kier molecular flexibility index (Phi) is 9.47. The number of carbonyl (C=O) groups is 1. The summed E-state index contributed by atoms with van der Waals surface area (Å²) in [6, 6.07) is 12.6. The minimum atomic E-state index is -1.12. The number of aliphatic hydroxyl groups is 3. The largest absolute Gasteiger partial charge is 0.491 e. The maximum Gasteiger partial charge on any atom is 0.305 e. The summed E-state index contributed by atoms with van der Waals surface area (Å²) in [4.78, 5) is 11.1. The summed E-state index contributed by atoms with van der Waals surface area (Å²) in [6.07, 6.45) is 0.782. The molecule has 0 unspecified atom stereocenters.